The van der Waals surface area contributed by atoms with Crippen LogP contribution in [-0.2, 0) is 6.18 Å². The lowest BCUT2D eigenvalue weighted by atomic mass is 10.1. The number of likely N-dealkylation sites (tertiary alicyclic amines) is 1. The maximum atomic E-state index is 14.4. The van der Waals surface area contributed by atoms with Gasteiger partial charge < -0.3 is 10.2 Å². The van der Waals surface area contributed by atoms with Gasteiger partial charge in [0.2, 0.25) is 5.95 Å². The standard InChI is InChI=1S/C19H19F4N5/c1-27-8-2-4-13(11-27)24-18-26-25-17(16-5-3-9-28(16)18)14-7-6-12(10-15(14)20)19(21,22)23/h3,5-7,9-10,13H,2,4,8,11H2,1H3,(H,24,26)/t13-/m1/s1. The number of halogens is 4. The summed E-state index contributed by atoms with van der Waals surface area (Å²) in [5, 5.41) is 11.7. The zero-order valence-corrected chi connectivity index (χ0v) is 15.2. The van der Waals surface area contributed by atoms with E-state index in [9.17, 15) is 17.6 Å². The average Bonchev–Trinajstić information content (AvgIpc) is 3.12. The maximum absolute atomic E-state index is 14.4. The van der Waals surface area contributed by atoms with Gasteiger partial charge >= 0.3 is 6.18 Å². The minimum atomic E-state index is -4.60. The third kappa shape index (κ3) is 3.54. The molecule has 0 radical (unpaired) electrons. The minimum absolute atomic E-state index is 0.0202. The summed E-state index contributed by atoms with van der Waals surface area (Å²) in [6, 6.07) is 6.15. The van der Waals surface area contributed by atoms with Gasteiger partial charge in [0.25, 0.3) is 0 Å². The van der Waals surface area contributed by atoms with Crippen molar-refractivity contribution < 1.29 is 17.6 Å². The highest BCUT2D eigenvalue weighted by atomic mass is 19.4. The van der Waals surface area contributed by atoms with E-state index in [0.717, 1.165) is 38.1 Å². The van der Waals surface area contributed by atoms with Crippen LogP contribution >= 0.6 is 0 Å². The third-order valence-corrected chi connectivity index (χ3v) is 4.97. The second-order valence-corrected chi connectivity index (χ2v) is 7.07. The smallest absolute Gasteiger partial charge is 0.350 e. The first-order chi connectivity index (χ1) is 13.3. The number of piperidine rings is 1. The van der Waals surface area contributed by atoms with Gasteiger partial charge in [-0.3, -0.25) is 4.40 Å². The van der Waals surface area contributed by atoms with Gasteiger partial charge in [-0.2, -0.15) is 13.2 Å². The van der Waals surface area contributed by atoms with E-state index in [2.05, 4.69) is 27.5 Å². The molecule has 9 heteroatoms. The molecule has 0 spiro atoms. The van der Waals surface area contributed by atoms with Gasteiger partial charge in [-0.1, -0.05) is 0 Å². The number of rotatable bonds is 3. The number of anilines is 1. The molecule has 3 aromatic rings. The Morgan fingerprint density at radius 2 is 2.00 bits per heavy atom. The Morgan fingerprint density at radius 1 is 1.18 bits per heavy atom. The van der Waals surface area contributed by atoms with Crippen molar-refractivity contribution in [3.63, 3.8) is 0 Å². The normalized spacial score (nSPS) is 18.5. The molecule has 0 bridgehead atoms. The quantitative estimate of drug-likeness (QED) is 0.682. The number of hydrogen-bond acceptors (Lipinski definition) is 4. The highest BCUT2D eigenvalue weighted by Gasteiger charge is 2.31. The molecule has 1 atom stereocenters. The van der Waals surface area contributed by atoms with E-state index < -0.39 is 17.6 Å². The van der Waals surface area contributed by atoms with Crippen LogP contribution in [0.25, 0.3) is 16.8 Å². The fourth-order valence-corrected chi connectivity index (χ4v) is 3.60. The second kappa shape index (κ2) is 7.05. The van der Waals surface area contributed by atoms with Crippen molar-refractivity contribution in [2.24, 2.45) is 0 Å². The first kappa shape index (κ1) is 18.7. The van der Waals surface area contributed by atoms with Crippen molar-refractivity contribution in [1.29, 1.82) is 0 Å². The van der Waals surface area contributed by atoms with E-state index in [-0.39, 0.29) is 17.3 Å². The number of fused-ring (bicyclic) bond motifs is 1. The number of alkyl halides is 3. The Labute approximate surface area is 159 Å². The van der Waals surface area contributed by atoms with Crippen molar-refractivity contribution in [2.75, 3.05) is 25.5 Å². The molecule has 0 unspecified atom stereocenters. The molecule has 0 aliphatic carbocycles. The molecule has 5 nitrogen and oxygen atoms in total. The molecular weight excluding hydrogens is 374 g/mol. The van der Waals surface area contributed by atoms with Gasteiger partial charge in [0.05, 0.1) is 11.1 Å². The first-order valence-electron chi connectivity index (χ1n) is 8.99. The zero-order valence-electron chi connectivity index (χ0n) is 15.2. The van der Waals surface area contributed by atoms with Crippen molar-refractivity contribution in [2.45, 2.75) is 25.1 Å². The highest BCUT2D eigenvalue weighted by molar-refractivity contribution is 5.78. The number of hydrogen-bond donors (Lipinski definition) is 1. The SMILES string of the molecule is CN1CCC[C@@H](Nc2nnc(-c3ccc(C(F)(F)F)cc3F)c3cccn23)C1. The van der Waals surface area contributed by atoms with Gasteiger partial charge in [-0.15, -0.1) is 10.2 Å². The number of nitrogens with one attached hydrogen (secondary N) is 1. The third-order valence-electron chi connectivity index (χ3n) is 4.97. The van der Waals surface area contributed by atoms with Crippen LogP contribution in [0.5, 0.6) is 0 Å². The summed E-state index contributed by atoms with van der Waals surface area (Å²) < 4.78 is 54.6. The summed E-state index contributed by atoms with van der Waals surface area (Å²) in [7, 11) is 2.06. The minimum Gasteiger partial charge on any atom is -0.350 e. The summed E-state index contributed by atoms with van der Waals surface area (Å²) in [5.41, 5.74) is -0.288. The Hall–Kier alpha value is -2.68. The van der Waals surface area contributed by atoms with E-state index in [1.54, 1.807) is 22.7 Å². The van der Waals surface area contributed by atoms with Gasteiger partial charge in [-0.05, 0) is 56.8 Å². The predicted molar refractivity (Wildman–Crippen MR) is 97.5 cm³/mol. The van der Waals surface area contributed by atoms with Crippen LogP contribution < -0.4 is 5.32 Å². The molecule has 1 aliphatic heterocycles. The van der Waals surface area contributed by atoms with Crippen LogP contribution in [0.15, 0.2) is 36.5 Å². The zero-order chi connectivity index (χ0) is 19.9. The van der Waals surface area contributed by atoms with E-state index in [4.69, 9.17) is 0 Å². The van der Waals surface area contributed by atoms with Gasteiger partial charge in [-0.25, -0.2) is 4.39 Å². The van der Waals surface area contributed by atoms with E-state index in [1.165, 1.54) is 0 Å². The summed E-state index contributed by atoms with van der Waals surface area (Å²) in [6.45, 7) is 1.93. The number of aromatic nitrogens is 3. The van der Waals surface area contributed by atoms with E-state index >= 15 is 0 Å². The maximum Gasteiger partial charge on any atom is 0.416 e. The molecule has 4 rings (SSSR count). The Bertz CT molecular complexity index is 998. The van der Waals surface area contributed by atoms with Gasteiger partial charge in [0, 0.05) is 24.3 Å². The van der Waals surface area contributed by atoms with Crippen LogP contribution in [0.2, 0.25) is 0 Å². The Balaban J connectivity index is 1.70. The molecule has 1 N–H and O–H groups in total. The summed E-state index contributed by atoms with van der Waals surface area (Å²) in [6.07, 6.45) is -0.754. The molecule has 1 aliphatic rings. The lowest BCUT2D eigenvalue weighted by molar-refractivity contribution is -0.137. The molecule has 1 fully saturated rings. The van der Waals surface area contributed by atoms with E-state index in [0.29, 0.717) is 17.5 Å². The largest absolute Gasteiger partial charge is 0.416 e. The molecule has 28 heavy (non-hydrogen) atoms. The average molecular weight is 393 g/mol. The number of benzene rings is 1. The molecular formula is C19H19F4N5. The monoisotopic (exact) mass is 393 g/mol. The molecule has 0 amide bonds. The summed E-state index contributed by atoms with van der Waals surface area (Å²) in [4.78, 5) is 2.23. The molecule has 1 aromatic carbocycles. The molecule has 1 saturated heterocycles. The fraction of sp³-hybridized carbons (Fsp3) is 0.368. The lowest BCUT2D eigenvalue weighted by Crippen LogP contribution is -2.40. The Kier molecular flexibility index (Phi) is 4.70. The lowest BCUT2D eigenvalue weighted by Gasteiger charge is -2.30. The van der Waals surface area contributed by atoms with Crippen molar-refractivity contribution >= 4 is 11.5 Å². The molecule has 3 heterocycles. The number of likely N-dealkylation sites (N-methyl/N-ethyl adjacent to an activating group) is 1. The highest BCUT2D eigenvalue weighted by Crippen LogP contribution is 2.33. The van der Waals surface area contributed by atoms with Crippen molar-refractivity contribution in [3.8, 4) is 11.3 Å². The van der Waals surface area contributed by atoms with Crippen molar-refractivity contribution in [1.82, 2.24) is 19.5 Å². The molecule has 148 valence electrons. The molecule has 2 aromatic heterocycles. The van der Waals surface area contributed by atoms with Crippen LogP contribution in [0.3, 0.4) is 0 Å². The second-order valence-electron chi connectivity index (χ2n) is 7.07. The van der Waals surface area contributed by atoms with Crippen LogP contribution in [0, 0.1) is 5.82 Å². The van der Waals surface area contributed by atoms with Gasteiger partial charge in [0.1, 0.15) is 11.5 Å². The predicted octanol–water partition coefficient (Wildman–Crippen LogP) is 4.06. The van der Waals surface area contributed by atoms with Crippen molar-refractivity contribution in [3.05, 3.63) is 47.9 Å². The topological polar surface area (TPSA) is 45.5 Å². The van der Waals surface area contributed by atoms with Crippen LogP contribution in [0.4, 0.5) is 23.5 Å². The first-order valence-corrected chi connectivity index (χ1v) is 8.99. The Morgan fingerprint density at radius 3 is 2.71 bits per heavy atom. The van der Waals surface area contributed by atoms with E-state index in [1.807, 2.05) is 0 Å². The summed E-state index contributed by atoms with van der Waals surface area (Å²) >= 11 is 0. The molecule has 0 saturated carbocycles. The summed E-state index contributed by atoms with van der Waals surface area (Å²) in [5.74, 6) is -0.460. The van der Waals surface area contributed by atoms with Gasteiger partial charge in [0.15, 0.2) is 0 Å². The van der Waals surface area contributed by atoms with Crippen LogP contribution in [0.1, 0.15) is 18.4 Å². The number of nitrogens with zero attached hydrogens (tertiary/aromatic N) is 4. The fourth-order valence-electron chi connectivity index (χ4n) is 3.60. The van der Waals surface area contributed by atoms with Crippen LogP contribution in [-0.4, -0.2) is 45.7 Å².